The molecule has 0 aliphatic carbocycles. The normalized spacial score (nSPS) is 16.4. The van der Waals surface area contributed by atoms with E-state index in [-0.39, 0.29) is 11.0 Å². The highest BCUT2D eigenvalue weighted by Gasteiger charge is 2.29. The molecule has 1 aliphatic rings. The van der Waals surface area contributed by atoms with Crippen LogP contribution in [0.1, 0.15) is 33.3 Å². The Morgan fingerprint density at radius 1 is 1.30 bits per heavy atom. The van der Waals surface area contributed by atoms with Crippen LogP contribution in [0.4, 0.5) is 0 Å². The van der Waals surface area contributed by atoms with Crippen LogP contribution in [0.5, 0.6) is 11.8 Å². The van der Waals surface area contributed by atoms with Gasteiger partial charge in [-0.15, -0.1) is 11.8 Å². The Balaban J connectivity index is 1.94. The molecule has 1 atom stereocenters. The van der Waals surface area contributed by atoms with Crippen molar-refractivity contribution in [2.45, 2.75) is 16.6 Å². The highest BCUT2D eigenvalue weighted by atomic mass is 32.2. The molecule has 7 heteroatoms. The molecule has 1 aromatic carbocycles. The third kappa shape index (κ3) is 2.85. The van der Waals surface area contributed by atoms with Crippen molar-refractivity contribution in [3.05, 3.63) is 41.2 Å². The summed E-state index contributed by atoms with van der Waals surface area (Å²) in [7, 11) is 2.99. The zero-order valence-electron chi connectivity index (χ0n) is 12.6. The molecule has 0 radical (unpaired) electrons. The second-order valence-electron chi connectivity index (χ2n) is 4.87. The first kappa shape index (κ1) is 15.3. The molecule has 0 bridgehead atoms. The third-order valence-corrected chi connectivity index (χ3v) is 4.80. The average molecular weight is 327 g/mol. The number of aromatic nitrogens is 2. The molecule has 0 saturated carbocycles. The average Bonchev–Trinajstić information content (AvgIpc) is 2.60. The molecule has 0 fully saturated rings. The Morgan fingerprint density at radius 3 is 2.78 bits per heavy atom. The quantitative estimate of drug-likeness (QED) is 0.857. The Bertz CT molecular complexity index is 817. The van der Waals surface area contributed by atoms with E-state index < -0.39 is 0 Å². The van der Waals surface area contributed by atoms with Crippen molar-refractivity contribution in [2.24, 2.45) is 0 Å². The summed E-state index contributed by atoms with van der Waals surface area (Å²) < 4.78 is 10.2. The topological polar surface area (TPSA) is 85.1 Å². The van der Waals surface area contributed by atoms with Gasteiger partial charge in [-0.25, -0.2) is 9.97 Å². The number of nitrogens with zero attached hydrogens (tertiary/aromatic N) is 3. The summed E-state index contributed by atoms with van der Waals surface area (Å²) in [6.07, 6.45) is 1.90. The number of nitriles is 1. The second kappa shape index (κ2) is 6.26. The molecule has 6 nitrogen and oxygen atoms in total. The van der Waals surface area contributed by atoms with Crippen LogP contribution in [0.2, 0.25) is 0 Å². The zero-order chi connectivity index (χ0) is 16.4. The van der Waals surface area contributed by atoms with Gasteiger partial charge in [0.05, 0.1) is 43.0 Å². The van der Waals surface area contributed by atoms with Crippen molar-refractivity contribution in [1.29, 1.82) is 5.26 Å². The number of fused-ring (bicyclic) bond motifs is 1. The van der Waals surface area contributed by atoms with Crippen LogP contribution in [0.3, 0.4) is 0 Å². The van der Waals surface area contributed by atoms with Crippen LogP contribution < -0.4 is 9.47 Å². The fourth-order valence-electron chi connectivity index (χ4n) is 2.36. The molecule has 1 unspecified atom stereocenters. The smallest absolute Gasteiger partial charge is 0.278 e. The first-order chi connectivity index (χ1) is 11.2. The first-order valence-corrected chi connectivity index (χ1v) is 7.73. The van der Waals surface area contributed by atoms with E-state index in [1.165, 1.54) is 26.0 Å². The van der Waals surface area contributed by atoms with E-state index >= 15 is 0 Å². The summed E-state index contributed by atoms with van der Waals surface area (Å²) in [5.74, 6) is 0.601. The number of Topliss-reactive ketones (excluding diaryl/α,β-unsaturated/α-hetero) is 1. The Kier molecular flexibility index (Phi) is 4.17. The van der Waals surface area contributed by atoms with Gasteiger partial charge in [-0.2, -0.15) is 5.26 Å². The van der Waals surface area contributed by atoms with E-state index in [1.54, 1.807) is 24.4 Å². The van der Waals surface area contributed by atoms with Gasteiger partial charge < -0.3 is 9.47 Å². The van der Waals surface area contributed by atoms with Crippen LogP contribution in [0.15, 0.2) is 29.3 Å². The monoisotopic (exact) mass is 327 g/mol. The number of carbonyl (C=O) groups is 1. The maximum Gasteiger partial charge on any atom is 0.278 e. The van der Waals surface area contributed by atoms with Crippen molar-refractivity contribution in [3.63, 3.8) is 0 Å². The van der Waals surface area contributed by atoms with Crippen LogP contribution in [-0.4, -0.2) is 30.0 Å². The van der Waals surface area contributed by atoms with E-state index in [2.05, 4.69) is 16.0 Å². The number of benzene rings is 1. The maximum absolute atomic E-state index is 12.4. The van der Waals surface area contributed by atoms with E-state index in [0.29, 0.717) is 35.0 Å². The largest absolute Gasteiger partial charge is 0.477 e. The summed E-state index contributed by atoms with van der Waals surface area (Å²) in [6.45, 7) is 0. The number of thioether (sulfide) groups is 1. The maximum atomic E-state index is 12.4. The molecular weight excluding hydrogens is 314 g/mol. The Morgan fingerprint density at radius 2 is 2.09 bits per heavy atom. The number of ether oxygens (including phenoxy) is 2. The third-order valence-electron chi connectivity index (χ3n) is 3.49. The van der Waals surface area contributed by atoms with Crippen molar-refractivity contribution in [1.82, 2.24) is 9.97 Å². The van der Waals surface area contributed by atoms with Gasteiger partial charge in [0.2, 0.25) is 0 Å². The van der Waals surface area contributed by atoms with Crippen LogP contribution in [0.25, 0.3) is 0 Å². The first-order valence-electron chi connectivity index (χ1n) is 6.85. The van der Waals surface area contributed by atoms with Gasteiger partial charge in [-0.05, 0) is 18.2 Å². The summed E-state index contributed by atoms with van der Waals surface area (Å²) in [5, 5.41) is 8.81. The molecule has 116 valence electrons. The fraction of sp³-hybridized carbons (Fsp3) is 0.250. The lowest BCUT2D eigenvalue weighted by atomic mass is 10.0. The lowest BCUT2D eigenvalue weighted by molar-refractivity contribution is 0.0976. The minimum absolute atomic E-state index is 0.00238. The van der Waals surface area contributed by atoms with Crippen molar-refractivity contribution < 1.29 is 14.3 Å². The SMILES string of the molecule is COc1ncc(C2CC(=O)c3cc(C#N)ccc3S2)nc1OC. The molecule has 0 N–H and O–H groups in total. The Hall–Kier alpha value is -2.59. The van der Waals surface area contributed by atoms with Gasteiger partial charge in [0.25, 0.3) is 11.8 Å². The summed E-state index contributed by atoms with van der Waals surface area (Å²) in [6, 6.07) is 7.21. The summed E-state index contributed by atoms with van der Waals surface area (Å²) >= 11 is 1.54. The van der Waals surface area contributed by atoms with Gasteiger partial charge in [-0.1, -0.05) is 0 Å². The zero-order valence-corrected chi connectivity index (χ0v) is 13.4. The van der Waals surface area contributed by atoms with Gasteiger partial charge in [-0.3, -0.25) is 4.79 Å². The molecular formula is C16H13N3O3S. The molecule has 0 saturated heterocycles. The lowest BCUT2D eigenvalue weighted by Gasteiger charge is -2.23. The number of carbonyl (C=O) groups excluding carboxylic acids is 1. The molecule has 0 amide bonds. The van der Waals surface area contributed by atoms with Gasteiger partial charge >= 0.3 is 0 Å². The van der Waals surface area contributed by atoms with Gasteiger partial charge in [0, 0.05) is 16.9 Å². The minimum Gasteiger partial charge on any atom is -0.477 e. The molecule has 2 aromatic rings. The van der Waals surface area contributed by atoms with E-state index in [1.807, 2.05) is 0 Å². The number of methoxy groups -OCH3 is 2. The van der Waals surface area contributed by atoms with Crippen LogP contribution in [0, 0.1) is 11.3 Å². The van der Waals surface area contributed by atoms with Gasteiger partial charge in [0.15, 0.2) is 5.78 Å². The fourth-order valence-corrected chi connectivity index (χ4v) is 3.58. The lowest BCUT2D eigenvalue weighted by Crippen LogP contribution is -2.14. The molecule has 23 heavy (non-hydrogen) atoms. The molecule has 1 aromatic heterocycles. The number of hydrogen-bond acceptors (Lipinski definition) is 7. The predicted octanol–water partition coefficient (Wildman–Crippen LogP) is 2.79. The van der Waals surface area contributed by atoms with E-state index in [9.17, 15) is 4.79 Å². The molecule has 3 rings (SSSR count). The molecule has 0 spiro atoms. The summed E-state index contributed by atoms with van der Waals surface area (Å²) in [5.41, 5.74) is 1.75. The Labute approximate surface area is 137 Å². The standard InChI is InChI=1S/C16H13N3O3S/c1-21-15-16(22-2)19-11(8-18-15)14-6-12(20)10-5-9(7-17)3-4-13(10)23-14/h3-5,8,14H,6H2,1-2H3. The van der Waals surface area contributed by atoms with E-state index in [4.69, 9.17) is 14.7 Å². The predicted molar refractivity (Wildman–Crippen MR) is 83.8 cm³/mol. The van der Waals surface area contributed by atoms with Crippen LogP contribution in [-0.2, 0) is 0 Å². The molecule has 1 aliphatic heterocycles. The van der Waals surface area contributed by atoms with E-state index in [0.717, 1.165) is 4.90 Å². The second-order valence-corrected chi connectivity index (χ2v) is 6.11. The van der Waals surface area contributed by atoms with Crippen molar-refractivity contribution in [2.75, 3.05) is 14.2 Å². The molecule has 2 heterocycles. The number of ketones is 1. The highest BCUT2D eigenvalue weighted by Crippen LogP contribution is 2.44. The van der Waals surface area contributed by atoms with Crippen molar-refractivity contribution in [3.8, 4) is 17.8 Å². The minimum atomic E-state index is -0.143. The van der Waals surface area contributed by atoms with Gasteiger partial charge in [0.1, 0.15) is 0 Å². The number of rotatable bonds is 3. The van der Waals surface area contributed by atoms with Crippen molar-refractivity contribution >= 4 is 17.5 Å². The summed E-state index contributed by atoms with van der Waals surface area (Å²) in [4.78, 5) is 21.8. The highest BCUT2D eigenvalue weighted by molar-refractivity contribution is 7.99. The number of hydrogen-bond donors (Lipinski definition) is 0. The van der Waals surface area contributed by atoms with Crippen LogP contribution >= 0.6 is 11.8 Å².